The van der Waals surface area contributed by atoms with Crippen LogP contribution in [0.2, 0.25) is 0 Å². The van der Waals surface area contributed by atoms with Crippen molar-refractivity contribution in [1.82, 2.24) is 0 Å². The Morgan fingerprint density at radius 2 is 1.81 bits per heavy atom. The average Bonchev–Trinajstić information content (AvgIpc) is 2.30. The number of methoxy groups -OCH3 is 2. The molecule has 0 aromatic heterocycles. The molecule has 0 saturated heterocycles. The summed E-state index contributed by atoms with van der Waals surface area (Å²) in [6.07, 6.45) is 2.58. The molecular weight excluding hydrogens is 204 g/mol. The van der Waals surface area contributed by atoms with E-state index >= 15 is 0 Å². The van der Waals surface area contributed by atoms with E-state index in [-0.39, 0.29) is 0 Å². The third kappa shape index (κ3) is 2.63. The molecule has 0 spiro atoms. The smallest absolute Gasteiger partial charge is 0.145 e. The molecule has 0 fully saturated rings. The minimum Gasteiger partial charge on any atom is -0.496 e. The molecular formula is C13H16O3. The second-order valence-electron chi connectivity index (χ2n) is 3.57. The number of carbonyl (C=O) groups excluding carboxylic acids is 1. The van der Waals surface area contributed by atoms with Crippen LogP contribution in [0.1, 0.15) is 18.1 Å². The van der Waals surface area contributed by atoms with Crippen LogP contribution in [0.15, 0.2) is 17.7 Å². The third-order valence-electron chi connectivity index (χ3n) is 2.32. The van der Waals surface area contributed by atoms with Gasteiger partial charge in [0, 0.05) is 5.56 Å². The molecule has 0 unspecified atom stereocenters. The van der Waals surface area contributed by atoms with E-state index in [1.54, 1.807) is 27.2 Å². The Morgan fingerprint density at radius 3 is 2.31 bits per heavy atom. The standard InChI is InChI=1S/C13H16O3/c1-9(8-14)5-11-7-12(15-3)10(2)6-13(11)16-4/h5-8H,1-4H3/b9-5+. The molecule has 1 aromatic carbocycles. The summed E-state index contributed by atoms with van der Waals surface area (Å²) in [7, 11) is 3.23. The van der Waals surface area contributed by atoms with E-state index in [9.17, 15) is 4.79 Å². The summed E-state index contributed by atoms with van der Waals surface area (Å²) in [4.78, 5) is 10.6. The van der Waals surface area contributed by atoms with Crippen LogP contribution >= 0.6 is 0 Å². The predicted molar refractivity (Wildman–Crippen MR) is 64.0 cm³/mol. The summed E-state index contributed by atoms with van der Waals surface area (Å²) in [5.41, 5.74) is 2.49. The Bertz CT molecular complexity index is 419. The molecule has 0 aliphatic carbocycles. The Labute approximate surface area is 95.7 Å². The molecule has 0 radical (unpaired) electrons. The molecule has 0 atom stereocenters. The number of aldehydes is 1. The van der Waals surface area contributed by atoms with Crippen LogP contribution in [0.3, 0.4) is 0 Å². The molecule has 0 aliphatic rings. The van der Waals surface area contributed by atoms with Crippen LogP contribution in [0.25, 0.3) is 6.08 Å². The lowest BCUT2D eigenvalue weighted by atomic mass is 10.1. The highest BCUT2D eigenvalue weighted by atomic mass is 16.5. The summed E-state index contributed by atoms with van der Waals surface area (Å²) >= 11 is 0. The number of hydrogen-bond acceptors (Lipinski definition) is 3. The fourth-order valence-electron chi connectivity index (χ4n) is 1.47. The first-order valence-corrected chi connectivity index (χ1v) is 4.98. The number of carbonyl (C=O) groups is 1. The van der Waals surface area contributed by atoms with Gasteiger partial charge in [-0.25, -0.2) is 0 Å². The first-order valence-electron chi connectivity index (χ1n) is 4.98. The van der Waals surface area contributed by atoms with Crippen LogP contribution in [-0.4, -0.2) is 20.5 Å². The van der Waals surface area contributed by atoms with E-state index in [4.69, 9.17) is 9.47 Å². The highest BCUT2D eigenvalue weighted by Crippen LogP contribution is 2.29. The van der Waals surface area contributed by atoms with Crippen molar-refractivity contribution >= 4 is 12.4 Å². The van der Waals surface area contributed by atoms with Gasteiger partial charge in [-0.3, -0.25) is 4.79 Å². The van der Waals surface area contributed by atoms with Crippen LogP contribution in [0.4, 0.5) is 0 Å². The Morgan fingerprint density at radius 1 is 1.19 bits per heavy atom. The zero-order chi connectivity index (χ0) is 12.1. The first-order chi connectivity index (χ1) is 7.62. The minimum absolute atomic E-state index is 0.643. The van der Waals surface area contributed by atoms with Crippen molar-refractivity contribution in [2.45, 2.75) is 13.8 Å². The van der Waals surface area contributed by atoms with Gasteiger partial charge in [-0.2, -0.15) is 0 Å². The molecule has 0 aliphatic heterocycles. The van der Waals surface area contributed by atoms with Crippen molar-refractivity contribution in [3.05, 3.63) is 28.8 Å². The maximum Gasteiger partial charge on any atom is 0.145 e. The maximum absolute atomic E-state index is 10.6. The third-order valence-corrected chi connectivity index (χ3v) is 2.32. The fraction of sp³-hybridized carbons (Fsp3) is 0.308. The number of ether oxygens (including phenoxy) is 2. The number of benzene rings is 1. The summed E-state index contributed by atoms with van der Waals surface area (Å²) in [5.74, 6) is 1.52. The van der Waals surface area contributed by atoms with Gasteiger partial charge in [0.05, 0.1) is 14.2 Å². The van der Waals surface area contributed by atoms with E-state index in [1.165, 1.54) is 0 Å². The highest BCUT2D eigenvalue weighted by Gasteiger charge is 2.06. The van der Waals surface area contributed by atoms with E-state index in [1.807, 2.05) is 19.1 Å². The quantitative estimate of drug-likeness (QED) is 0.578. The number of hydrogen-bond donors (Lipinski definition) is 0. The Kier molecular flexibility index (Phi) is 4.11. The van der Waals surface area contributed by atoms with Gasteiger partial charge in [0.15, 0.2) is 0 Å². The first kappa shape index (κ1) is 12.3. The zero-order valence-electron chi connectivity index (χ0n) is 10.0. The monoisotopic (exact) mass is 220 g/mol. The van der Waals surface area contributed by atoms with Gasteiger partial charge >= 0.3 is 0 Å². The molecule has 1 rings (SSSR count). The largest absolute Gasteiger partial charge is 0.496 e. The number of rotatable bonds is 4. The second kappa shape index (κ2) is 5.35. The Balaban J connectivity index is 3.30. The van der Waals surface area contributed by atoms with Crippen molar-refractivity contribution in [2.75, 3.05) is 14.2 Å². The lowest BCUT2D eigenvalue weighted by Gasteiger charge is -2.10. The van der Waals surface area contributed by atoms with Crippen LogP contribution in [-0.2, 0) is 4.79 Å². The lowest BCUT2D eigenvalue weighted by Crippen LogP contribution is -1.93. The maximum atomic E-state index is 10.6. The van der Waals surface area contributed by atoms with Crippen molar-refractivity contribution in [3.8, 4) is 11.5 Å². The van der Waals surface area contributed by atoms with Gasteiger partial charge in [-0.15, -0.1) is 0 Å². The summed E-state index contributed by atoms with van der Waals surface area (Å²) in [6.45, 7) is 3.69. The van der Waals surface area contributed by atoms with E-state index < -0.39 is 0 Å². The SMILES string of the molecule is COc1cc(/C=C(\C)C=O)c(OC)cc1C. The van der Waals surface area contributed by atoms with Gasteiger partial charge in [-0.1, -0.05) is 0 Å². The molecule has 0 bridgehead atoms. The van der Waals surface area contributed by atoms with E-state index in [0.29, 0.717) is 5.57 Å². The molecule has 1 aromatic rings. The average molecular weight is 220 g/mol. The number of allylic oxidation sites excluding steroid dienone is 1. The number of aryl methyl sites for hydroxylation is 1. The van der Waals surface area contributed by atoms with Crippen molar-refractivity contribution in [1.29, 1.82) is 0 Å². The molecule has 3 nitrogen and oxygen atoms in total. The molecule has 16 heavy (non-hydrogen) atoms. The normalized spacial score (nSPS) is 11.1. The van der Waals surface area contributed by atoms with Gasteiger partial charge < -0.3 is 9.47 Å². The summed E-state index contributed by atoms with van der Waals surface area (Å²) < 4.78 is 10.5. The van der Waals surface area contributed by atoms with Crippen LogP contribution in [0.5, 0.6) is 11.5 Å². The summed E-state index contributed by atoms with van der Waals surface area (Å²) in [5, 5.41) is 0. The van der Waals surface area contributed by atoms with Crippen LogP contribution < -0.4 is 9.47 Å². The predicted octanol–water partition coefficient (Wildman–Crippen LogP) is 2.61. The minimum atomic E-state index is 0.643. The van der Waals surface area contributed by atoms with Gasteiger partial charge in [0.25, 0.3) is 0 Å². The van der Waals surface area contributed by atoms with Gasteiger partial charge in [0.2, 0.25) is 0 Å². The molecule has 0 saturated carbocycles. The molecule has 0 N–H and O–H groups in total. The van der Waals surface area contributed by atoms with Gasteiger partial charge in [-0.05, 0) is 43.2 Å². The van der Waals surface area contributed by atoms with Crippen molar-refractivity contribution in [2.24, 2.45) is 0 Å². The van der Waals surface area contributed by atoms with Crippen LogP contribution in [0, 0.1) is 6.92 Å². The zero-order valence-corrected chi connectivity index (χ0v) is 10.0. The van der Waals surface area contributed by atoms with Gasteiger partial charge in [0.1, 0.15) is 17.8 Å². The molecule has 0 heterocycles. The summed E-state index contributed by atoms with van der Waals surface area (Å²) in [6, 6.07) is 3.75. The topological polar surface area (TPSA) is 35.5 Å². The highest BCUT2D eigenvalue weighted by molar-refractivity contribution is 5.82. The second-order valence-corrected chi connectivity index (χ2v) is 3.57. The van der Waals surface area contributed by atoms with Crippen molar-refractivity contribution < 1.29 is 14.3 Å². The molecule has 86 valence electrons. The van der Waals surface area contributed by atoms with Crippen molar-refractivity contribution in [3.63, 3.8) is 0 Å². The molecule has 0 amide bonds. The van der Waals surface area contributed by atoms with E-state index in [0.717, 1.165) is 28.9 Å². The van der Waals surface area contributed by atoms with E-state index in [2.05, 4.69) is 0 Å². The lowest BCUT2D eigenvalue weighted by molar-refractivity contribution is -0.104. The molecule has 3 heteroatoms. The Hall–Kier alpha value is -1.77. The fourth-order valence-corrected chi connectivity index (χ4v) is 1.47.